The van der Waals surface area contributed by atoms with E-state index in [0.717, 1.165) is 0 Å². The summed E-state index contributed by atoms with van der Waals surface area (Å²) in [4.78, 5) is 11.9. The number of para-hydroxylation sites is 1. The zero-order valence-electron chi connectivity index (χ0n) is 11.4. The normalized spacial score (nSPS) is 11.6. The Morgan fingerprint density at radius 2 is 1.86 bits per heavy atom. The summed E-state index contributed by atoms with van der Waals surface area (Å²) in [6.07, 6.45) is 1.26. The summed E-state index contributed by atoms with van der Waals surface area (Å²) >= 11 is 0. The largest absolute Gasteiger partial charge is 0.506 e. The number of halogens is 1. The van der Waals surface area contributed by atoms with E-state index < -0.39 is 5.63 Å². The SMILES string of the molecule is O=c1oc2ccccc2cc1/C(O)=C/Nc1ccc(F)cc1. The van der Waals surface area contributed by atoms with Gasteiger partial charge in [-0.3, -0.25) is 0 Å². The molecule has 0 bridgehead atoms. The van der Waals surface area contributed by atoms with Crippen LogP contribution in [0.4, 0.5) is 10.1 Å². The Kier molecular flexibility index (Phi) is 3.62. The van der Waals surface area contributed by atoms with Gasteiger partial charge >= 0.3 is 5.63 Å². The van der Waals surface area contributed by atoms with Crippen molar-refractivity contribution in [1.82, 2.24) is 0 Å². The molecule has 3 aromatic rings. The van der Waals surface area contributed by atoms with Crippen molar-refractivity contribution in [3.63, 3.8) is 0 Å². The molecule has 2 aromatic carbocycles. The highest BCUT2D eigenvalue weighted by molar-refractivity contribution is 5.79. The molecule has 110 valence electrons. The standard InChI is InChI=1S/C17H12FNO3/c18-12-5-7-13(8-6-12)19-10-15(20)14-9-11-3-1-2-4-16(11)22-17(14)21/h1-10,19-20H/b15-10-. The van der Waals surface area contributed by atoms with E-state index in [-0.39, 0.29) is 17.1 Å². The molecule has 0 amide bonds. The first kappa shape index (κ1) is 13.9. The monoisotopic (exact) mass is 297 g/mol. The maximum Gasteiger partial charge on any atom is 0.347 e. The molecule has 0 atom stereocenters. The first-order valence-electron chi connectivity index (χ1n) is 6.58. The second kappa shape index (κ2) is 5.73. The second-order valence-electron chi connectivity index (χ2n) is 4.67. The third kappa shape index (κ3) is 2.83. The molecule has 0 saturated heterocycles. The Bertz CT molecular complexity index is 898. The molecular formula is C17H12FNO3. The van der Waals surface area contributed by atoms with Crippen LogP contribution in [-0.2, 0) is 0 Å². The van der Waals surface area contributed by atoms with Crippen LogP contribution >= 0.6 is 0 Å². The fourth-order valence-corrected chi connectivity index (χ4v) is 2.02. The molecule has 3 rings (SSSR count). The zero-order valence-corrected chi connectivity index (χ0v) is 11.4. The Balaban J connectivity index is 1.92. The highest BCUT2D eigenvalue weighted by Gasteiger charge is 2.09. The predicted octanol–water partition coefficient (Wildman–Crippen LogP) is 3.90. The van der Waals surface area contributed by atoms with E-state index in [4.69, 9.17) is 4.42 Å². The summed E-state index contributed by atoms with van der Waals surface area (Å²) in [5, 5.41) is 13.5. The highest BCUT2D eigenvalue weighted by Crippen LogP contribution is 2.17. The number of anilines is 1. The van der Waals surface area contributed by atoms with E-state index in [9.17, 15) is 14.3 Å². The van der Waals surface area contributed by atoms with Crippen LogP contribution < -0.4 is 10.9 Å². The molecular weight excluding hydrogens is 285 g/mol. The van der Waals surface area contributed by atoms with Crippen molar-refractivity contribution in [2.24, 2.45) is 0 Å². The van der Waals surface area contributed by atoms with Crippen LogP contribution in [0.1, 0.15) is 5.56 Å². The lowest BCUT2D eigenvalue weighted by molar-refractivity contribution is 0.497. The van der Waals surface area contributed by atoms with Gasteiger partial charge in [0.25, 0.3) is 0 Å². The van der Waals surface area contributed by atoms with Gasteiger partial charge in [-0.15, -0.1) is 0 Å². The van der Waals surface area contributed by atoms with Crippen molar-refractivity contribution in [2.75, 3.05) is 5.32 Å². The zero-order chi connectivity index (χ0) is 15.5. The van der Waals surface area contributed by atoms with Gasteiger partial charge < -0.3 is 14.8 Å². The van der Waals surface area contributed by atoms with Gasteiger partial charge in [-0.1, -0.05) is 18.2 Å². The molecule has 0 radical (unpaired) electrons. The van der Waals surface area contributed by atoms with Crippen molar-refractivity contribution in [1.29, 1.82) is 0 Å². The smallest absolute Gasteiger partial charge is 0.347 e. The topological polar surface area (TPSA) is 62.5 Å². The average Bonchev–Trinajstić information content (AvgIpc) is 2.53. The number of benzene rings is 2. The quantitative estimate of drug-likeness (QED) is 0.568. The van der Waals surface area contributed by atoms with Gasteiger partial charge in [0, 0.05) is 17.3 Å². The van der Waals surface area contributed by atoms with Gasteiger partial charge in [0.15, 0.2) is 0 Å². The molecule has 0 fully saturated rings. The second-order valence-corrected chi connectivity index (χ2v) is 4.67. The summed E-state index contributed by atoms with van der Waals surface area (Å²) in [6, 6.07) is 14.2. The molecule has 0 aliphatic heterocycles. The van der Waals surface area contributed by atoms with E-state index in [1.165, 1.54) is 30.5 Å². The third-order valence-corrected chi connectivity index (χ3v) is 3.14. The van der Waals surface area contributed by atoms with Crippen LogP contribution in [0.5, 0.6) is 0 Å². The van der Waals surface area contributed by atoms with Gasteiger partial charge in [0.2, 0.25) is 0 Å². The highest BCUT2D eigenvalue weighted by atomic mass is 19.1. The van der Waals surface area contributed by atoms with Gasteiger partial charge in [0.1, 0.15) is 22.7 Å². The number of aliphatic hydroxyl groups excluding tert-OH is 1. The number of fused-ring (bicyclic) bond motifs is 1. The Morgan fingerprint density at radius 3 is 2.64 bits per heavy atom. The Labute approximate surface area is 125 Å². The molecule has 1 heterocycles. The molecule has 5 heteroatoms. The Morgan fingerprint density at radius 1 is 1.14 bits per heavy atom. The van der Waals surface area contributed by atoms with Gasteiger partial charge in [-0.2, -0.15) is 0 Å². The molecule has 2 N–H and O–H groups in total. The lowest BCUT2D eigenvalue weighted by atomic mass is 10.1. The fourth-order valence-electron chi connectivity index (χ4n) is 2.02. The minimum Gasteiger partial charge on any atom is -0.506 e. The van der Waals surface area contributed by atoms with E-state index in [0.29, 0.717) is 16.7 Å². The van der Waals surface area contributed by atoms with Crippen LogP contribution in [0.2, 0.25) is 0 Å². The predicted molar refractivity (Wildman–Crippen MR) is 83.1 cm³/mol. The summed E-state index contributed by atoms with van der Waals surface area (Å²) < 4.78 is 18.0. The van der Waals surface area contributed by atoms with Crippen molar-refractivity contribution >= 4 is 22.4 Å². The number of hydrogen-bond donors (Lipinski definition) is 2. The third-order valence-electron chi connectivity index (χ3n) is 3.14. The molecule has 1 aromatic heterocycles. The van der Waals surface area contributed by atoms with E-state index in [1.54, 1.807) is 24.3 Å². The van der Waals surface area contributed by atoms with Crippen molar-refractivity contribution in [2.45, 2.75) is 0 Å². The molecule has 0 aliphatic rings. The molecule has 4 nitrogen and oxygen atoms in total. The van der Waals surface area contributed by atoms with Crippen molar-refractivity contribution in [3.8, 4) is 0 Å². The lowest BCUT2D eigenvalue weighted by Gasteiger charge is -2.04. The first-order valence-corrected chi connectivity index (χ1v) is 6.58. The van der Waals surface area contributed by atoms with E-state index >= 15 is 0 Å². The maximum atomic E-state index is 12.8. The summed E-state index contributed by atoms with van der Waals surface area (Å²) in [6.45, 7) is 0. The average molecular weight is 297 g/mol. The number of aliphatic hydroxyl groups is 1. The van der Waals surface area contributed by atoms with Gasteiger partial charge in [0.05, 0.1) is 0 Å². The Hall–Kier alpha value is -3.08. The molecule has 22 heavy (non-hydrogen) atoms. The van der Waals surface area contributed by atoms with Crippen LogP contribution in [-0.4, -0.2) is 5.11 Å². The van der Waals surface area contributed by atoms with Crippen LogP contribution in [0, 0.1) is 5.82 Å². The van der Waals surface area contributed by atoms with Gasteiger partial charge in [-0.25, -0.2) is 9.18 Å². The molecule has 0 unspecified atom stereocenters. The first-order chi connectivity index (χ1) is 10.6. The number of hydrogen-bond acceptors (Lipinski definition) is 4. The number of nitrogens with one attached hydrogen (secondary N) is 1. The molecule has 0 aliphatic carbocycles. The molecule has 0 saturated carbocycles. The number of rotatable bonds is 3. The van der Waals surface area contributed by atoms with Crippen molar-refractivity contribution in [3.05, 3.63) is 82.6 Å². The van der Waals surface area contributed by atoms with E-state index in [2.05, 4.69) is 5.32 Å². The minimum absolute atomic E-state index is 0.0494. The van der Waals surface area contributed by atoms with Crippen LogP contribution in [0.3, 0.4) is 0 Å². The summed E-state index contributed by atoms with van der Waals surface area (Å²) in [5.41, 5.74) is 0.454. The van der Waals surface area contributed by atoms with Crippen molar-refractivity contribution < 1.29 is 13.9 Å². The summed E-state index contributed by atoms with van der Waals surface area (Å²) in [7, 11) is 0. The lowest BCUT2D eigenvalue weighted by Crippen LogP contribution is -2.07. The van der Waals surface area contributed by atoms with E-state index in [1.807, 2.05) is 6.07 Å². The van der Waals surface area contributed by atoms with Crippen LogP contribution in [0.25, 0.3) is 16.7 Å². The van der Waals surface area contributed by atoms with Crippen LogP contribution in [0.15, 0.2) is 70.0 Å². The molecule has 0 spiro atoms. The fraction of sp³-hybridized carbons (Fsp3) is 0. The minimum atomic E-state index is -0.631. The summed E-state index contributed by atoms with van der Waals surface area (Å²) in [5.74, 6) is -0.613. The van der Waals surface area contributed by atoms with Gasteiger partial charge in [-0.05, 0) is 36.4 Å². The maximum absolute atomic E-state index is 12.8.